The lowest BCUT2D eigenvalue weighted by Crippen LogP contribution is -2.32. The van der Waals surface area contributed by atoms with E-state index in [9.17, 15) is 13.2 Å². The monoisotopic (exact) mass is 392 g/mol. The zero-order valence-electron chi connectivity index (χ0n) is 15.6. The zero-order valence-corrected chi connectivity index (χ0v) is 16.5. The van der Waals surface area contributed by atoms with Crippen molar-refractivity contribution in [2.75, 3.05) is 33.9 Å². The molecule has 1 N–H and O–H groups in total. The standard InChI is InChI=1S/C19H24N2O5S/c1-15-5-4-6-17(13-15)26-14-19(22)20-11-12-25-16-7-9-18(10-8-16)27(23,24)21(2)3/h4-10,13H,11-12,14H2,1-3H3,(H,20,22). The summed E-state index contributed by atoms with van der Waals surface area (Å²) in [6, 6.07) is 13.6. The molecule has 0 spiro atoms. The maximum Gasteiger partial charge on any atom is 0.258 e. The van der Waals surface area contributed by atoms with E-state index in [0.717, 1.165) is 9.87 Å². The van der Waals surface area contributed by atoms with Crippen LogP contribution in [-0.4, -0.2) is 52.5 Å². The van der Waals surface area contributed by atoms with E-state index in [2.05, 4.69) is 5.32 Å². The van der Waals surface area contributed by atoms with Gasteiger partial charge in [0.25, 0.3) is 5.91 Å². The first-order valence-electron chi connectivity index (χ1n) is 8.40. The van der Waals surface area contributed by atoms with Crippen LogP contribution in [0.2, 0.25) is 0 Å². The van der Waals surface area contributed by atoms with Crippen molar-refractivity contribution >= 4 is 15.9 Å². The van der Waals surface area contributed by atoms with Gasteiger partial charge in [0.15, 0.2) is 6.61 Å². The van der Waals surface area contributed by atoms with Crippen LogP contribution < -0.4 is 14.8 Å². The van der Waals surface area contributed by atoms with Gasteiger partial charge in [0.2, 0.25) is 10.0 Å². The highest BCUT2D eigenvalue weighted by Crippen LogP contribution is 2.18. The van der Waals surface area contributed by atoms with Crippen molar-refractivity contribution in [3.8, 4) is 11.5 Å². The summed E-state index contributed by atoms with van der Waals surface area (Å²) in [5.74, 6) is 0.930. The number of amides is 1. The zero-order chi connectivity index (χ0) is 19.9. The summed E-state index contributed by atoms with van der Waals surface area (Å²) < 4.78 is 36.0. The van der Waals surface area contributed by atoms with Crippen LogP contribution >= 0.6 is 0 Å². The fraction of sp³-hybridized carbons (Fsp3) is 0.316. The molecule has 2 aromatic rings. The summed E-state index contributed by atoms with van der Waals surface area (Å²) in [4.78, 5) is 12.0. The molecule has 2 aromatic carbocycles. The number of nitrogens with one attached hydrogen (secondary N) is 1. The highest BCUT2D eigenvalue weighted by molar-refractivity contribution is 7.89. The van der Waals surface area contributed by atoms with Crippen LogP contribution in [0.25, 0.3) is 0 Å². The Bertz CT molecular complexity index is 864. The number of ether oxygens (including phenoxy) is 2. The number of benzene rings is 2. The van der Waals surface area contributed by atoms with E-state index in [1.54, 1.807) is 18.2 Å². The first-order valence-corrected chi connectivity index (χ1v) is 9.84. The van der Waals surface area contributed by atoms with Crippen LogP contribution in [0.5, 0.6) is 11.5 Å². The summed E-state index contributed by atoms with van der Waals surface area (Å²) in [6.07, 6.45) is 0. The van der Waals surface area contributed by atoms with Crippen molar-refractivity contribution in [3.63, 3.8) is 0 Å². The third-order valence-electron chi connectivity index (χ3n) is 3.65. The normalized spacial score (nSPS) is 11.3. The molecule has 7 nitrogen and oxygen atoms in total. The number of rotatable bonds is 9. The number of hydrogen-bond donors (Lipinski definition) is 1. The van der Waals surface area contributed by atoms with E-state index in [0.29, 0.717) is 18.0 Å². The Hall–Kier alpha value is -2.58. The Morgan fingerprint density at radius 3 is 2.37 bits per heavy atom. The molecule has 27 heavy (non-hydrogen) atoms. The second kappa shape index (κ2) is 9.38. The van der Waals surface area contributed by atoms with Gasteiger partial charge in [0, 0.05) is 14.1 Å². The molecule has 0 fully saturated rings. The largest absolute Gasteiger partial charge is 0.492 e. The van der Waals surface area contributed by atoms with E-state index in [1.807, 2.05) is 25.1 Å². The maximum atomic E-state index is 12.0. The quantitative estimate of drug-likeness (QED) is 0.658. The second-order valence-electron chi connectivity index (χ2n) is 6.06. The molecule has 0 aromatic heterocycles. The maximum absolute atomic E-state index is 12.0. The lowest BCUT2D eigenvalue weighted by atomic mass is 10.2. The van der Waals surface area contributed by atoms with E-state index in [-0.39, 0.29) is 24.0 Å². The van der Waals surface area contributed by atoms with Crippen molar-refractivity contribution < 1.29 is 22.7 Å². The average molecular weight is 392 g/mol. The van der Waals surface area contributed by atoms with Crippen molar-refractivity contribution in [2.24, 2.45) is 0 Å². The first-order chi connectivity index (χ1) is 12.8. The number of carbonyl (C=O) groups is 1. The third-order valence-corrected chi connectivity index (χ3v) is 5.48. The minimum absolute atomic E-state index is 0.0689. The van der Waals surface area contributed by atoms with E-state index in [1.165, 1.54) is 26.2 Å². The minimum atomic E-state index is -3.46. The van der Waals surface area contributed by atoms with Crippen molar-refractivity contribution in [1.82, 2.24) is 9.62 Å². The van der Waals surface area contributed by atoms with Crippen molar-refractivity contribution in [2.45, 2.75) is 11.8 Å². The lowest BCUT2D eigenvalue weighted by Gasteiger charge is -2.12. The summed E-state index contributed by atoms with van der Waals surface area (Å²) in [5, 5.41) is 2.70. The Kier molecular flexibility index (Phi) is 7.20. The smallest absolute Gasteiger partial charge is 0.258 e. The van der Waals surface area contributed by atoms with Crippen LogP contribution in [0.4, 0.5) is 0 Å². The van der Waals surface area contributed by atoms with Crippen LogP contribution in [0.1, 0.15) is 5.56 Å². The molecule has 146 valence electrons. The van der Waals surface area contributed by atoms with Gasteiger partial charge in [0.1, 0.15) is 18.1 Å². The molecule has 0 atom stereocenters. The molecule has 0 aliphatic rings. The topological polar surface area (TPSA) is 84.9 Å². The molecule has 0 bridgehead atoms. The van der Waals surface area contributed by atoms with Crippen molar-refractivity contribution in [3.05, 3.63) is 54.1 Å². The summed E-state index contributed by atoms with van der Waals surface area (Å²) in [7, 11) is -0.501. The number of aryl methyl sites for hydroxylation is 1. The third kappa shape index (κ3) is 6.26. The van der Waals surface area contributed by atoms with Crippen molar-refractivity contribution in [1.29, 1.82) is 0 Å². The van der Waals surface area contributed by atoms with Gasteiger partial charge in [-0.3, -0.25) is 4.79 Å². The van der Waals surface area contributed by atoms with Gasteiger partial charge in [-0.25, -0.2) is 12.7 Å². The molecule has 0 heterocycles. The predicted molar refractivity (Wildman–Crippen MR) is 102 cm³/mol. The molecule has 8 heteroatoms. The molecule has 1 amide bonds. The Morgan fingerprint density at radius 2 is 1.74 bits per heavy atom. The number of nitrogens with zero attached hydrogens (tertiary/aromatic N) is 1. The van der Waals surface area contributed by atoms with Gasteiger partial charge >= 0.3 is 0 Å². The van der Waals surface area contributed by atoms with Gasteiger partial charge in [-0.1, -0.05) is 12.1 Å². The fourth-order valence-corrected chi connectivity index (χ4v) is 3.08. The lowest BCUT2D eigenvalue weighted by molar-refractivity contribution is -0.123. The van der Waals surface area contributed by atoms with Crippen LogP contribution in [0.3, 0.4) is 0 Å². The van der Waals surface area contributed by atoms with Gasteiger partial charge in [-0.05, 0) is 48.9 Å². The van der Waals surface area contributed by atoms with Crippen LogP contribution in [0.15, 0.2) is 53.4 Å². The van der Waals surface area contributed by atoms with Gasteiger partial charge in [-0.2, -0.15) is 0 Å². The Morgan fingerprint density at radius 1 is 1.04 bits per heavy atom. The van der Waals surface area contributed by atoms with E-state index in [4.69, 9.17) is 9.47 Å². The average Bonchev–Trinajstić information content (AvgIpc) is 2.64. The molecule has 0 saturated heterocycles. The SMILES string of the molecule is Cc1cccc(OCC(=O)NCCOc2ccc(S(=O)(=O)N(C)C)cc2)c1. The molecule has 0 radical (unpaired) electrons. The van der Waals surface area contributed by atoms with Gasteiger partial charge in [-0.15, -0.1) is 0 Å². The Balaban J connectivity index is 1.71. The van der Waals surface area contributed by atoms with E-state index < -0.39 is 10.0 Å². The van der Waals surface area contributed by atoms with Gasteiger partial charge in [0.05, 0.1) is 11.4 Å². The molecule has 2 rings (SSSR count). The number of hydrogen-bond acceptors (Lipinski definition) is 5. The van der Waals surface area contributed by atoms with Gasteiger partial charge < -0.3 is 14.8 Å². The molecule has 0 unspecified atom stereocenters. The summed E-state index contributed by atoms with van der Waals surface area (Å²) in [5.41, 5.74) is 1.06. The fourth-order valence-electron chi connectivity index (χ4n) is 2.18. The highest BCUT2D eigenvalue weighted by Gasteiger charge is 2.16. The number of carbonyl (C=O) groups excluding carboxylic acids is 1. The summed E-state index contributed by atoms with van der Waals surface area (Å²) in [6.45, 7) is 2.46. The van der Waals surface area contributed by atoms with Crippen LogP contribution in [-0.2, 0) is 14.8 Å². The second-order valence-corrected chi connectivity index (χ2v) is 8.21. The molecule has 0 saturated carbocycles. The van der Waals surface area contributed by atoms with Crippen LogP contribution in [0, 0.1) is 6.92 Å². The number of sulfonamides is 1. The van der Waals surface area contributed by atoms with E-state index >= 15 is 0 Å². The summed E-state index contributed by atoms with van der Waals surface area (Å²) >= 11 is 0. The molecular weight excluding hydrogens is 368 g/mol. The molecule has 0 aliphatic carbocycles. The Labute approximate surface area is 160 Å². The minimum Gasteiger partial charge on any atom is -0.492 e. The molecule has 0 aliphatic heterocycles. The first kappa shape index (κ1) is 20.7. The predicted octanol–water partition coefficient (Wildman–Crippen LogP) is 1.82. The molecular formula is C19H24N2O5S. The highest BCUT2D eigenvalue weighted by atomic mass is 32.2.